The van der Waals surface area contributed by atoms with Crippen LogP contribution in [0.25, 0.3) is 38.8 Å². The van der Waals surface area contributed by atoms with Gasteiger partial charge in [-0.1, -0.05) is 48.5 Å². The molecule has 2 heterocycles. The van der Waals surface area contributed by atoms with E-state index in [0.717, 1.165) is 22.8 Å². The second-order valence-electron chi connectivity index (χ2n) is 6.41. The van der Waals surface area contributed by atoms with Crippen molar-refractivity contribution in [2.24, 2.45) is 0 Å². The van der Waals surface area contributed by atoms with Crippen LogP contribution in [-0.4, -0.2) is 14.5 Å². The molecule has 0 saturated carbocycles. The Morgan fingerprint density at radius 3 is 2.12 bits per heavy atom. The lowest BCUT2D eigenvalue weighted by Crippen LogP contribution is -1.95. The molecule has 2 aromatic heterocycles. The number of benzene rings is 3. The fraction of sp³-hybridized carbons (Fsp3) is 0.0435. The highest BCUT2D eigenvalue weighted by Gasteiger charge is 2.12. The number of aryl methyl sites for hydroxylation is 1. The first-order valence-electron chi connectivity index (χ1n) is 8.70. The summed E-state index contributed by atoms with van der Waals surface area (Å²) in [7, 11) is 0. The molecule has 0 saturated heterocycles. The maximum atomic E-state index is 4.57. The fourth-order valence-corrected chi connectivity index (χ4v) is 3.62. The molecule has 0 aliphatic carbocycles. The minimum atomic E-state index is 0.782. The monoisotopic (exact) mass is 335 g/mol. The van der Waals surface area contributed by atoms with Crippen molar-refractivity contribution in [1.82, 2.24) is 14.5 Å². The summed E-state index contributed by atoms with van der Waals surface area (Å²) in [4.78, 5) is 8.77. The van der Waals surface area contributed by atoms with E-state index in [1.54, 1.807) is 0 Å². The molecule has 26 heavy (non-hydrogen) atoms. The van der Waals surface area contributed by atoms with Crippen molar-refractivity contribution in [2.45, 2.75) is 6.92 Å². The number of fused-ring (bicyclic) bond motifs is 3. The van der Waals surface area contributed by atoms with Crippen molar-refractivity contribution >= 4 is 21.8 Å². The molecule has 0 radical (unpaired) electrons. The number of nitrogens with zero attached hydrogens (tertiary/aromatic N) is 3. The Morgan fingerprint density at radius 1 is 0.731 bits per heavy atom. The number of para-hydroxylation sites is 2. The molecule has 0 unspecified atom stereocenters. The van der Waals surface area contributed by atoms with Gasteiger partial charge in [0.05, 0.1) is 16.7 Å². The summed E-state index contributed by atoms with van der Waals surface area (Å²) in [5.41, 5.74) is 5.60. The molecule has 0 spiro atoms. The lowest BCUT2D eigenvalue weighted by molar-refractivity contribution is 1.06. The van der Waals surface area contributed by atoms with Crippen molar-refractivity contribution in [3.8, 4) is 16.9 Å². The Hall–Kier alpha value is -3.46. The van der Waals surface area contributed by atoms with Gasteiger partial charge in [0.2, 0.25) is 0 Å². The Morgan fingerprint density at radius 2 is 1.42 bits per heavy atom. The second-order valence-corrected chi connectivity index (χ2v) is 6.41. The minimum Gasteiger partial charge on any atom is -0.309 e. The zero-order valence-corrected chi connectivity index (χ0v) is 14.4. The number of rotatable bonds is 2. The molecule has 124 valence electrons. The second kappa shape index (κ2) is 5.81. The lowest BCUT2D eigenvalue weighted by atomic mass is 10.1. The molecule has 3 nitrogen and oxygen atoms in total. The van der Waals surface area contributed by atoms with E-state index in [2.05, 4.69) is 87.3 Å². The predicted octanol–water partition coefficient (Wildman–Crippen LogP) is 5.55. The fourth-order valence-electron chi connectivity index (χ4n) is 3.62. The number of hydrogen-bond acceptors (Lipinski definition) is 2. The van der Waals surface area contributed by atoms with E-state index in [0.29, 0.717) is 0 Å². The molecular formula is C23H17N3. The smallest absolute Gasteiger partial charge is 0.125 e. The third kappa shape index (κ3) is 2.29. The van der Waals surface area contributed by atoms with E-state index in [1.807, 2.05) is 19.2 Å². The zero-order chi connectivity index (χ0) is 17.5. The summed E-state index contributed by atoms with van der Waals surface area (Å²) in [5.74, 6) is 0.782. The maximum absolute atomic E-state index is 4.57. The van der Waals surface area contributed by atoms with Crippen LogP contribution in [0.15, 0.2) is 85.1 Å². The first kappa shape index (κ1) is 14.8. The average Bonchev–Trinajstić information content (AvgIpc) is 3.03. The standard InChI is InChI=1S/C23H17N3/c1-16-24-14-13-21(25-16)17-7-6-8-18(15-17)26-22-11-4-2-9-19(22)20-10-3-5-12-23(20)26/h2-15H,1H3. The SMILES string of the molecule is Cc1nccc(-c2cccc(-n3c4ccccc4c4ccccc43)c2)n1. The van der Waals surface area contributed by atoms with Gasteiger partial charge in [-0.05, 0) is 37.3 Å². The van der Waals surface area contributed by atoms with Crippen LogP contribution in [0.5, 0.6) is 0 Å². The quantitative estimate of drug-likeness (QED) is 0.423. The lowest BCUT2D eigenvalue weighted by Gasteiger charge is -2.10. The molecule has 3 heteroatoms. The largest absolute Gasteiger partial charge is 0.309 e. The third-order valence-corrected chi connectivity index (χ3v) is 4.76. The summed E-state index contributed by atoms with van der Waals surface area (Å²) in [6.45, 7) is 1.92. The van der Waals surface area contributed by atoms with Crippen molar-refractivity contribution in [1.29, 1.82) is 0 Å². The van der Waals surface area contributed by atoms with Gasteiger partial charge in [-0.15, -0.1) is 0 Å². The van der Waals surface area contributed by atoms with E-state index < -0.39 is 0 Å². The van der Waals surface area contributed by atoms with Gasteiger partial charge < -0.3 is 4.57 Å². The highest BCUT2D eigenvalue weighted by atomic mass is 15.0. The highest BCUT2D eigenvalue weighted by Crippen LogP contribution is 2.32. The van der Waals surface area contributed by atoms with E-state index in [9.17, 15) is 0 Å². The summed E-state index contributed by atoms with van der Waals surface area (Å²) >= 11 is 0. The highest BCUT2D eigenvalue weighted by molar-refractivity contribution is 6.09. The third-order valence-electron chi connectivity index (χ3n) is 4.76. The van der Waals surface area contributed by atoms with Crippen LogP contribution >= 0.6 is 0 Å². The van der Waals surface area contributed by atoms with Gasteiger partial charge in [0.25, 0.3) is 0 Å². The topological polar surface area (TPSA) is 30.7 Å². The van der Waals surface area contributed by atoms with Gasteiger partial charge in [-0.25, -0.2) is 9.97 Å². The normalized spacial score (nSPS) is 11.3. The van der Waals surface area contributed by atoms with Gasteiger partial charge >= 0.3 is 0 Å². The maximum Gasteiger partial charge on any atom is 0.125 e. The first-order chi connectivity index (χ1) is 12.8. The van der Waals surface area contributed by atoms with Crippen molar-refractivity contribution in [3.05, 3.63) is 90.9 Å². The van der Waals surface area contributed by atoms with Gasteiger partial charge in [0, 0.05) is 28.2 Å². The van der Waals surface area contributed by atoms with Crippen molar-refractivity contribution < 1.29 is 0 Å². The van der Waals surface area contributed by atoms with Gasteiger partial charge in [0.1, 0.15) is 5.82 Å². The van der Waals surface area contributed by atoms with E-state index >= 15 is 0 Å². The summed E-state index contributed by atoms with van der Waals surface area (Å²) in [6, 6.07) is 27.6. The Bertz CT molecular complexity index is 1200. The van der Waals surface area contributed by atoms with Crippen LogP contribution in [0.2, 0.25) is 0 Å². The Labute approximate surface area is 151 Å². The zero-order valence-electron chi connectivity index (χ0n) is 14.4. The van der Waals surface area contributed by atoms with Crippen molar-refractivity contribution in [2.75, 3.05) is 0 Å². The molecule has 3 aromatic carbocycles. The molecule has 0 bridgehead atoms. The van der Waals surface area contributed by atoms with Crippen LogP contribution in [0.3, 0.4) is 0 Å². The molecule has 5 rings (SSSR count). The van der Waals surface area contributed by atoms with Crippen LogP contribution in [0, 0.1) is 6.92 Å². The first-order valence-corrected chi connectivity index (χ1v) is 8.70. The molecule has 0 aliphatic rings. The van der Waals surface area contributed by atoms with Crippen LogP contribution in [0.4, 0.5) is 0 Å². The van der Waals surface area contributed by atoms with E-state index in [-0.39, 0.29) is 0 Å². The molecule has 0 atom stereocenters. The molecule has 0 N–H and O–H groups in total. The minimum absolute atomic E-state index is 0.782. The summed E-state index contributed by atoms with van der Waals surface area (Å²) < 4.78 is 2.32. The van der Waals surface area contributed by atoms with Gasteiger partial charge in [-0.3, -0.25) is 0 Å². The summed E-state index contributed by atoms with van der Waals surface area (Å²) in [6.07, 6.45) is 1.81. The summed E-state index contributed by atoms with van der Waals surface area (Å²) in [5, 5.41) is 2.54. The van der Waals surface area contributed by atoms with Crippen LogP contribution in [0.1, 0.15) is 5.82 Å². The van der Waals surface area contributed by atoms with E-state index in [4.69, 9.17) is 0 Å². The van der Waals surface area contributed by atoms with E-state index in [1.165, 1.54) is 21.8 Å². The Kier molecular flexibility index (Phi) is 3.32. The average molecular weight is 335 g/mol. The van der Waals surface area contributed by atoms with Gasteiger partial charge in [-0.2, -0.15) is 0 Å². The number of hydrogen-bond donors (Lipinski definition) is 0. The number of aromatic nitrogens is 3. The molecule has 0 amide bonds. The van der Waals surface area contributed by atoms with Crippen LogP contribution < -0.4 is 0 Å². The molecule has 0 fully saturated rings. The molecular weight excluding hydrogens is 318 g/mol. The predicted molar refractivity (Wildman–Crippen MR) is 107 cm³/mol. The molecule has 5 aromatic rings. The van der Waals surface area contributed by atoms with Gasteiger partial charge in [0.15, 0.2) is 0 Å². The van der Waals surface area contributed by atoms with Crippen LogP contribution in [-0.2, 0) is 0 Å². The molecule has 0 aliphatic heterocycles. The van der Waals surface area contributed by atoms with Crippen molar-refractivity contribution in [3.63, 3.8) is 0 Å². The Balaban J connectivity index is 1.79.